The van der Waals surface area contributed by atoms with Crippen LogP contribution in [0.4, 0.5) is 0 Å². The highest BCUT2D eigenvalue weighted by Crippen LogP contribution is 2.20. The fourth-order valence-electron chi connectivity index (χ4n) is 1.93. The summed E-state index contributed by atoms with van der Waals surface area (Å²) in [6.45, 7) is 10.7. The van der Waals surface area contributed by atoms with E-state index >= 15 is 0 Å². The van der Waals surface area contributed by atoms with E-state index in [0.29, 0.717) is 0 Å². The first-order chi connectivity index (χ1) is 7.50. The number of allylic oxidation sites excluding steroid dienone is 2. The zero-order valence-electron chi connectivity index (χ0n) is 10.7. The molecule has 0 unspecified atom stereocenters. The summed E-state index contributed by atoms with van der Waals surface area (Å²) in [5, 5.41) is 0. The molecule has 0 bridgehead atoms. The average Bonchev–Trinajstić information content (AvgIpc) is 2.68. The van der Waals surface area contributed by atoms with E-state index in [4.69, 9.17) is 0 Å². The van der Waals surface area contributed by atoms with Crippen LogP contribution in [0.3, 0.4) is 0 Å². The van der Waals surface area contributed by atoms with Crippen LogP contribution in [0.2, 0.25) is 0 Å². The van der Waals surface area contributed by atoms with Gasteiger partial charge >= 0.3 is 0 Å². The van der Waals surface area contributed by atoms with E-state index in [-0.39, 0.29) is 0 Å². The van der Waals surface area contributed by atoms with E-state index < -0.39 is 0 Å². The van der Waals surface area contributed by atoms with Gasteiger partial charge in [-0.15, -0.1) is 0 Å². The topological polar surface area (TPSA) is 29.8 Å². The molecular formula is C14H19N2+. The molecule has 0 radical (unpaired) electrons. The summed E-state index contributed by atoms with van der Waals surface area (Å²) in [6, 6.07) is 0. The van der Waals surface area contributed by atoms with Gasteiger partial charge in [0.05, 0.1) is 0 Å². The smallest absolute Gasteiger partial charge is 0.209 e. The molecule has 2 N–H and O–H groups in total. The molecular weight excluding hydrogens is 196 g/mol. The minimum atomic E-state index is 1.20. The van der Waals surface area contributed by atoms with Gasteiger partial charge in [-0.25, -0.2) is 4.99 Å². The van der Waals surface area contributed by atoms with Crippen LogP contribution in [0.1, 0.15) is 36.4 Å². The summed E-state index contributed by atoms with van der Waals surface area (Å²) in [4.78, 5) is 6.72. The average molecular weight is 215 g/mol. The summed E-state index contributed by atoms with van der Waals surface area (Å²) >= 11 is 0. The van der Waals surface area contributed by atoms with Gasteiger partial charge in [0.2, 0.25) is 5.70 Å². The van der Waals surface area contributed by atoms with Crippen LogP contribution >= 0.6 is 0 Å². The Morgan fingerprint density at radius 1 is 1.06 bits per heavy atom. The third-order valence-electron chi connectivity index (χ3n) is 3.58. The normalized spacial score (nSPS) is 17.9. The van der Waals surface area contributed by atoms with Crippen molar-refractivity contribution in [1.82, 2.24) is 4.98 Å². The molecule has 0 amide bonds. The number of aromatic nitrogens is 1. The molecule has 16 heavy (non-hydrogen) atoms. The second kappa shape index (κ2) is 3.78. The first-order valence-electron chi connectivity index (χ1n) is 5.65. The molecule has 1 aliphatic rings. The van der Waals surface area contributed by atoms with Crippen molar-refractivity contribution in [2.45, 2.75) is 34.6 Å². The number of H-pyrrole nitrogens is 1. The molecule has 0 saturated heterocycles. The summed E-state index contributed by atoms with van der Waals surface area (Å²) in [5.74, 6) is 0. The molecule has 0 saturated carbocycles. The van der Waals surface area contributed by atoms with Crippen LogP contribution in [0.15, 0.2) is 16.8 Å². The Kier molecular flexibility index (Phi) is 2.58. The lowest BCUT2D eigenvalue weighted by Crippen LogP contribution is -2.64. The van der Waals surface area contributed by atoms with Gasteiger partial charge in [0, 0.05) is 28.6 Å². The van der Waals surface area contributed by atoms with Crippen molar-refractivity contribution in [3.63, 3.8) is 0 Å². The number of rotatable bonds is 1. The fourth-order valence-corrected chi connectivity index (χ4v) is 1.93. The van der Waals surface area contributed by atoms with Crippen LogP contribution in [-0.4, -0.2) is 11.2 Å². The Hall–Kier alpha value is -1.57. The van der Waals surface area contributed by atoms with Crippen molar-refractivity contribution in [2.24, 2.45) is 0 Å². The Morgan fingerprint density at radius 3 is 2.19 bits per heavy atom. The third-order valence-corrected chi connectivity index (χ3v) is 3.58. The van der Waals surface area contributed by atoms with Gasteiger partial charge in [0.1, 0.15) is 0 Å². The third kappa shape index (κ3) is 1.64. The molecule has 0 aliphatic carbocycles. The van der Waals surface area contributed by atoms with E-state index in [9.17, 15) is 0 Å². The highest BCUT2D eigenvalue weighted by Gasteiger charge is 2.16. The Morgan fingerprint density at radius 2 is 1.75 bits per heavy atom. The van der Waals surface area contributed by atoms with E-state index in [1.165, 1.54) is 39.4 Å². The SMILES string of the molecule is CC1=C(C)/C(=C/c2[nH]c(C)c(C)c2C)[NH+]=C1. The predicted molar refractivity (Wildman–Crippen MR) is 68.4 cm³/mol. The van der Waals surface area contributed by atoms with Crippen molar-refractivity contribution < 1.29 is 4.99 Å². The Balaban J connectivity index is 2.46. The first-order valence-corrected chi connectivity index (χ1v) is 5.65. The molecule has 0 fully saturated rings. The summed E-state index contributed by atoms with van der Waals surface area (Å²) < 4.78 is 0. The lowest BCUT2D eigenvalue weighted by atomic mass is 10.1. The highest BCUT2D eigenvalue weighted by molar-refractivity contribution is 5.80. The van der Waals surface area contributed by atoms with Gasteiger partial charge in [0.25, 0.3) is 0 Å². The Bertz CT molecular complexity index is 525. The zero-order valence-corrected chi connectivity index (χ0v) is 10.7. The lowest BCUT2D eigenvalue weighted by molar-refractivity contribution is -0.380. The van der Waals surface area contributed by atoms with Crippen molar-refractivity contribution in [2.75, 3.05) is 0 Å². The van der Waals surface area contributed by atoms with Crippen molar-refractivity contribution in [1.29, 1.82) is 0 Å². The molecule has 0 atom stereocenters. The standard InChI is InChI=1S/C14H18N2/c1-8-7-15-13(9(8)2)6-14-11(4)10(3)12(5)16-14/h6-7,16H,1-5H3/p+1/b13-6-. The van der Waals surface area contributed by atoms with Crippen LogP contribution in [0.25, 0.3) is 6.08 Å². The molecule has 0 spiro atoms. The van der Waals surface area contributed by atoms with E-state index in [1.54, 1.807) is 0 Å². The van der Waals surface area contributed by atoms with Crippen molar-refractivity contribution >= 4 is 12.3 Å². The monoisotopic (exact) mass is 215 g/mol. The Labute approximate surface area is 96.8 Å². The molecule has 84 valence electrons. The maximum Gasteiger partial charge on any atom is 0.209 e. The van der Waals surface area contributed by atoms with Crippen LogP contribution in [0.5, 0.6) is 0 Å². The second-order valence-corrected chi connectivity index (χ2v) is 4.57. The minimum absolute atomic E-state index is 1.20. The van der Waals surface area contributed by atoms with Gasteiger partial charge in [0.15, 0.2) is 6.21 Å². The van der Waals surface area contributed by atoms with Crippen molar-refractivity contribution in [3.8, 4) is 0 Å². The molecule has 2 heterocycles. The summed E-state index contributed by atoms with van der Waals surface area (Å²) in [6.07, 6.45) is 4.25. The van der Waals surface area contributed by atoms with Gasteiger partial charge in [-0.05, 0) is 45.7 Å². The number of hydrogen-bond donors (Lipinski definition) is 2. The second-order valence-electron chi connectivity index (χ2n) is 4.57. The number of aromatic amines is 1. The highest BCUT2D eigenvalue weighted by atomic mass is 14.8. The first kappa shape index (κ1) is 10.9. The zero-order chi connectivity index (χ0) is 11.9. The number of aryl methyl sites for hydroxylation is 1. The van der Waals surface area contributed by atoms with Crippen LogP contribution < -0.4 is 4.99 Å². The number of nitrogens with one attached hydrogen (secondary N) is 2. The lowest BCUT2D eigenvalue weighted by Gasteiger charge is -1.94. The van der Waals surface area contributed by atoms with Crippen molar-refractivity contribution in [3.05, 3.63) is 39.4 Å². The molecule has 2 heteroatoms. The number of hydrogen-bond acceptors (Lipinski definition) is 0. The van der Waals surface area contributed by atoms with E-state index in [1.807, 2.05) is 0 Å². The van der Waals surface area contributed by atoms with Gasteiger partial charge < -0.3 is 4.98 Å². The fraction of sp³-hybridized carbons (Fsp3) is 0.357. The van der Waals surface area contributed by atoms with Crippen LogP contribution in [0, 0.1) is 20.8 Å². The van der Waals surface area contributed by atoms with E-state index in [2.05, 4.69) is 56.9 Å². The molecule has 0 aromatic carbocycles. The summed E-state index contributed by atoms with van der Waals surface area (Å²) in [5.41, 5.74) is 8.98. The van der Waals surface area contributed by atoms with Crippen LogP contribution in [-0.2, 0) is 0 Å². The maximum atomic E-state index is 3.42. The largest absolute Gasteiger partial charge is 0.358 e. The van der Waals surface area contributed by atoms with Gasteiger partial charge in [-0.3, -0.25) is 0 Å². The quantitative estimate of drug-likeness (QED) is 0.715. The van der Waals surface area contributed by atoms with Gasteiger partial charge in [-0.1, -0.05) is 0 Å². The molecule has 1 aliphatic heterocycles. The maximum absolute atomic E-state index is 3.42. The molecule has 1 aromatic rings. The summed E-state index contributed by atoms with van der Waals surface area (Å²) in [7, 11) is 0. The molecule has 2 nitrogen and oxygen atoms in total. The van der Waals surface area contributed by atoms with E-state index in [0.717, 1.165) is 0 Å². The van der Waals surface area contributed by atoms with Gasteiger partial charge in [-0.2, -0.15) is 0 Å². The minimum Gasteiger partial charge on any atom is -0.358 e. The molecule has 2 rings (SSSR count). The predicted octanol–water partition coefficient (Wildman–Crippen LogP) is 1.78. The molecule has 1 aromatic heterocycles.